The number of rotatable bonds is 2. The minimum Gasteiger partial charge on any atom is -0.479 e. The maximum Gasteiger partial charge on any atom is 0.329 e. The lowest BCUT2D eigenvalue weighted by molar-refractivity contribution is -0.148. The summed E-state index contributed by atoms with van der Waals surface area (Å²) < 4.78 is 0. The van der Waals surface area contributed by atoms with Crippen LogP contribution in [0.2, 0.25) is 0 Å². The van der Waals surface area contributed by atoms with Gasteiger partial charge in [-0.3, -0.25) is 0 Å². The van der Waals surface area contributed by atoms with Crippen molar-refractivity contribution in [3.8, 4) is 0 Å². The Hall–Kier alpha value is -1.26. The van der Waals surface area contributed by atoms with E-state index in [1.807, 2.05) is 11.8 Å². The second kappa shape index (κ2) is 5.50. The van der Waals surface area contributed by atoms with Gasteiger partial charge >= 0.3 is 12.0 Å². The highest BCUT2D eigenvalue weighted by atomic mass is 16.4. The fraction of sp³-hybridized carbons (Fsp3) is 0.875. The first kappa shape index (κ1) is 14.7. The van der Waals surface area contributed by atoms with E-state index in [9.17, 15) is 14.7 Å². The van der Waals surface area contributed by atoms with Gasteiger partial charge in [0.25, 0.3) is 0 Å². The molecule has 0 bridgehead atoms. The molecule has 1 saturated carbocycles. The number of fused-ring (bicyclic) bond motifs is 1. The van der Waals surface area contributed by atoms with Crippen LogP contribution < -0.4 is 0 Å². The molecule has 3 fully saturated rings. The predicted molar refractivity (Wildman–Crippen MR) is 79.1 cm³/mol. The van der Waals surface area contributed by atoms with Crippen LogP contribution in [-0.2, 0) is 4.79 Å². The minimum atomic E-state index is -0.968. The van der Waals surface area contributed by atoms with Crippen LogP contribution in [0.3, 0.4) is 0 Å². The number of carbonyl (C=O) groups is 2. The van der Waals surface area contributed by atoms with Crippen molar-refractivity contribution in [3.05, 3.63) is 0 Å². The van der Waals surface area contributed by atoms with E-state index >= 15 is 0 Å². The molecule has 5 nitrogen and oxygen atoms in total. The molecule has 0 aromatic rings. The van der Waals surface area contributed by atoms with Crippen LogP contribution in [0.5, 0.6) is 0 Å². The van der Waals surface area contributed by atoms with Crippen LogP contribution >= 0.6 is 0 Å². The summed E-state index contributed by atoms with van der Waals surface area (Å²) in [4.78, 5) is 28.4. The monoisotopic (exact) mass is 294 g/mol. The molecule has 3 rings (SSSR count). The Kier molecular flexibility index (Phi) is 3.84. The standard InChI is InChI=1S/C16H26N2O3/c1-2-16(14(19)20)9-5-10-18(16)15(21)17-11-8-12-6-3-4-7-13(12)17/h12-13H,2-11H2,1H3,(H,19,20). The summed E-state index contributed by atoms with van der Waals surface area (Å²) in [5.74, 6) is -0.193. The molecule has 21 heavy (non-hydrogen) atoms. The fourth-order valence-electron chi connectivity index (χ4n) is 4.70. The summed E-state index contributed by atoms with van der Waals surface area (Å²) in [6.07, 6.45) is 7.78. The van der Waals surface area contributed by atoms with E-state index in [1.165, 1.54) is 19.3 Å². The van der Waals surface area contributed by atoms with Crippen molar-refractivity contribution in [2.24, 2.45) is 5.92 Å². The zero-order valence-corrected chi connectivity index (χ0v) is 12.9. The first-order chi connectivity index (χ1) is 10.1. The number of aliphatic carboxylic acids is 1. The van der Waals surface area contributed by atoms with Crippen molar-refractivity contribution in [2.45, 2.75) is 69.9 Å². The number of carboxylic acids is 1. The van der Waals surface area contributed by atoms with E-state index in [0.717, 1.165) is 25.8 Å². The third-order valence-corrected chi connectivity index (χ3v) is 5.96. The van der Waals surface area contributed by atoms with Crippen LogP contribution in [0, 0.1) is 5.92 Å². The van der Waals surface area contributed by atoms with Gasteiger partial charge in [0.1, 0.15) is 5.54 Å². The van der Waals surface area contributed by atoms with E-state index in [0.29, 0.717) is 31.3 Å². The number of urea groups is 1. The summed E-state index contributed by atoms with van der Waals surface area (Å²) in [5, 5.41) is 9.65. The van der Waals surface area contributed by atoms with Crippen molar-refractivity contribution < 1.29 is 14.7 Å². The van der Waals surface area contributed by atoms with E-state index < -0.39 is 11.5 Å². The van der Waals surface area contributed by atoms with E-state index in [2.05, 4.69) is 0 Å². The van der Waals surface area contributed by atoms with Gasteiger partial charge in [-0.1, -0.05) is 19.8 Å². The van der Waals surface area contributed by atoms with Crippen LogP contribution in [-0.4, -0.2) is 51.6 Å². The smallest absolute Gasteiger partial charge is 0.329 e. The molecule has 2 amide bonds. The third-order valence-electron chi connectivity index (χ3n) is 5.96. The molecule has 0 radical (unpaired) electrons. The summed E-state index contributed by atoms with van der Waals surface area (Å²) in [6, 6.07) is 0.335. The molecule has 3 atom stereocenters. The van der Waals surface area contributed by atoms with Gasteiger partial charge in [-0.25, -0.2) is 9.59 Å². The number of carbonyl (C=O) groups excluding carboxylic acids is 1. The minimum absolute atomic E-state index is 0.0221. The molecule has 0 spiro atoms. The molecule has 2 aliphatic heterocycles. The lowest BCUT2D eigenvalue weighted by Gasteiger charge is -2.39. The highest BCUT2D eigenvalue weighted by Gasteiger charge is 2.51. The number of hydrogen-bond acceptors (Lipinski definition) is 2. The van der Waals surface area contributed by atoms with E-state index in [4.69, 9.17) is 0 Å². The van der Waals surface area contributed by atoms with Crippen LogP contribution in [0.15, 0.2) is 0 Å². The van der Waals surface area contributed by atoms with Crippen LogP contribution in [0.25, 0.3) is 0 Å². The number of likely N-dealkylation sites (tertiary alicyclic amines) is 2. The van der Waals surface area contributed by atoms with Crippen molar-refractivity contribution in [2.75, 3.05) is 13.1 Å². The topological polar surface area (TPSA) is 60.9 Å². The highest BCUT2D eigenvalue weighted by Crippen LogP contribution is 2.39. The van der Waals surface area contributed by atoms with E-state index in [1.54, 1.807) is 4.90 Å². The van der Waals surface area contributed by atoms with Gasteiger partial charge in [-0.2, -0.15) is 0 Å². The maximum atomic E-state index is 13.0. The van der Waals surface area contributed by atoms with Gasteiger partial charge in [0.15, 0.2) is 0 Å². The summed E-state index contributed by atoms with van der Waals surface area (Å²) in [5.41, 5.74) is -0.968. The lowest BCUT2D eigenvalue weighted by atomic mass is 9.85. The summed E-state index contributed by atoms with van der Waals surface area (Å²) in [6.45, 7) is 3.28. The van der Waals surface area contributed by atoms with Crippen molar-refractivity contribution in [1.82, 2.24) is 9.80 Å². The zero-order valence-electron chi connectivity index (χ0n) is 12.9. The lowest BCUT2D eigenvalue weighted by Crippen LogP contribution is -2.57. The van der Waals surface area contributed by atoms with Gasteiger partial charge in [0.2, 0.25) is 0 Å². The Morgan fingerprint density at radius 2 is 1.90 bits per heavy atom. The average molecular weight is 294 g/mol. The Morgan fingerprint density at radius 3 is 2.62 bits per heavy atom. The quantitative estimate of drug-likeness (QED) is 0.851. The summed E-state index contributed by atoms with van der Waals surface area (Å²) in [7, 11) is 0. The second-order valence-electron chi connectivity index (χ2n) is 6.82. The van der Waals surface area contributed by atoms with Crippen LogP contribution in [0.4, 0.5) is 4.79 Å². The van der Waals surface area contributed by atoms with E-state index in [-0.39, 0.29) is 6.03 Å². The predicted octanol–water partition coefficient (Wildman–Crippen LogP) is 2.70. The largest absolute Gasteiger partial charge is 0.479 e. The van der Waals surface area contributed by atoms with Crippen molar-refractivity contribution >= 4 is 12.0 Å². The normalized spacial score (nSPS) is 35.9. The molecule has 0 aromatic carbocycles. The molecule has 2 heterocycles. The molecule has 2 saturated heterocycles. The highest BCUT2D eigenvalue weighted by molar-refractivity contribution is 5.87. The third kappa shape index (κ3) is 2.21. The molecule has 5 heteroatoms. The maximum absolute atomic E-state index is 13.0. The first-order valence-electron chi connectivity index (χ1n) is 8.42. The van der Waals surface area contributed by atoms with Crippen molar-refractivity contribution in [1.29, 1.82) is 0 Å². The first-order valence-corrected chi connectivity index (χ1v) is 8.42. The van der Waals surface area contributed by atoms with Crippen molar-refractivity contribution in [3.63, 3.8) is 0 Å². The molecular formula is C16H26N2O3. The zero-order chi connectivity index (χ0) is 15.0. The van der Waals surface area contributed by atoms with Gasteiger partial charge in [-0.05, 0) is 44.4 Å². The molecule has 118 valence electrons. The molecule has 3 unspecified atom stereocenters. The molecule has 0 aromatic heterocycles. The fourth-order valence-corrected chi connectivity index (χ4v) is 4.70. The molecule has 1 N–H and O–H groups in total. The Labute approximate surface area is 126 Å². The average Bonchev–Trinajstić information content (AvgIpc) is 3.11. The SMILES string of the molecule is CCC1(C(=O)O)CCCN1C(=O)N1CCC2CCCCC21. The number of carboxylic acid groups (broad SMARTS) is 1. The number of nitrogens with zero attached hydrogens (tertiary/aromatic N) is 2. The second-order valence-corrected chi connectivity index (χ2v) is 6.82. The molecule has 3 aliphatic rings. The number of hydrogen-bond donors (Lipinski definition) is 1. The Morgan fingerprint density at radius 1 is 1.14 bits per heavy atom. The van der Waals surface area contributed by atoms with Gasteiger partial charge in [-0.15, -0.1) is 0 Å². The van der Waals surface area contributed by atoms with Gasteiger partial charge < -0.3 is 14.9 Å². The molecular weight excluding hydrogens is 268 g/mol. The molecule has 1 aliphatic carbocycles. The Balaban J connectivity index is 1.80. The van der Waals surface area contributed by atoms with Gasteiger partial charge in [0, 0.05) is 19.1 Å². The van der Waals surface area contributed by atoms with Gasteiger partial charge in [0.05, 0.1) is 0 Å². The number of amides is 2. The summed E-state index contributed by atoms with van der Waals surface area (Å²) >= 11 is 0. The van der Waals surface area contributed by atoms with Crippen LogP contribution in [0.1, 0.15) is 58.3 Å². The Bertz CT molecular complexity index is 439.